The van der Waals surface area contributed by atoms with Gasteiger partial charge in [-0.15, -0.1) is 0 Å². The summed E-state index contributed by atoms with van der Waals surface area (Å²) in [5.41, 5.74) is 1.58. The number of benzene rings is 1. The average molecular weight is 476 g/mol. The van der Waals surface area contributed by atoms with Crippen molar-refractivity contribution in [3.8, 4) is 11.4 Å². The quantitative estimate of drug-likeness (QED) is 0.473. The first-order chi connectivity index (χ1) is 16.1. The molecular weight excluding hydrogens is 440 g/mol. The molecule has 2 aromatic heterocycles. The van der Waals surface area contributed by atoms with E-state index in [0.29, 0.717) is 23.4 Å². The highest BCUT2D eigenvalue weighted by Gasteiger charge is 2.35. The summed E-state index contributed by atoms with van der Waals surface area (Å²) in [6, 6.07) is 6.66. The molecule has 1 N–H and O–H groups in total. The molecule has 4 rings (SSSR count). The molecule has 0 aliphatic carbocycles. The average Bonchev–Trinajstić information content (AvgIpc) is 3.18. The van der Waals surface area contributed by atoms with Gasteiger partial charge in [-0.25, -0.2) is 13.6 Å². The Kier molecular flexibility index (Phi) is 8.75. The number of alkyl halides is 2. The number of aromatic carboxylic acids is 1. The zero-order valence-corrected chi connectivity index (χ0v) is 21.0. The van der Waals surface area contributed by atoms with Crippen LogP contribution in [0.15, 0.2) is 35.3 Å². The van der Waals surface area contributed by atoms with Crippen LogP contribution in [0.4, 0.5) is 8.78 Å². The largest absolute Gasteiger partial charge is 0.477 e. The van der Waals surface area contributed by atoms with E-state index in [1.54, 1.807) is 12.1 Å². The van der Waals surface area contributed by atoms with Crippen LogP contribution in [-0.2, 0) is 13.0 Å². The molecule has 0 fully saturated rings. The summed E-state index contributed by atoms with van der Waals surface area (Å²) < 4.78 is 29.2. The highest BCUT2D eigenvalue weighted by Crippen LogP contribution is 2.42. The molecule has 1 unspecified atom stereocenters. The van der Waals surface area contributed by atoms with Gasteiger partial charge in [0.15, 0.2) is 5.43 Å². The van der Waals surface area contributed by atoms with Crippen molar-refractivity contribution in [1.29, 1.82) is 0 Å². The topological polar surface area (TPSA) is 77.1 Å². The number of halogens is 2. The summed E-state index contributed by atoms with van der Waals surface area (Å²) in [5, 5.41) is 14.9. The maximum absolute atomic E-state index is 12.8. The van der Waals surface area contributed by atoms with Gasteiger partial charge in [-0.2, -0.15) is 5.10 Å². The van der Waals surface area contributed by atoms with Crippen LogP contribution in [-0.4, -0.2) is 31.8 Å². The molecule has 6 nitrogen and oxygen atoms in total. The highest BCUT2D eigenvalue weighted by atomic mass is 19.3. The fourth-order valence-corrected chi connectivity index (χ4v) is 4.18. The standard InChI is InChI=1S/C22H23F2N3O3.2C2H6/c1-22(2,3)17-11-27-20(15-9-16(28)14(21(29)30)10-26(15)17)13-6-4-5-12(19(13)25-27)7-8-18(23)24;2*1-2/h4-6,9-10,17-18H,7-8,11H2,1-3H3,(H,29,30);2*1-2H3. The van der Waals surface area contributed by atoms with Crippen LogP contribution in [0.1, 0.15) is 76.9 Å². The van der Waals surface area contributed by atoms with E-state index in [1.807, 2.05) is 63.8 Å². The molecule has 0 amide bonds. The van der Waals surface area contributed by atoms with Gasteiger partial charge >= 0.3 is 5.97 Å². The Bertz CT molecular complexity index is 1210. The van der Waals surface area contributed by atoms with Gasteiger partial charge < -0.3 is 9.67 Å². The third kappa shape index (κ3) is 5.21. The minimum atomic E-state index is -2.39. The van der Waals surface area contributed by atoms with Crippen LogP contribution < -0.4 is 5.43 Å². The lowest BCUT2D eigenvalue weighted by molar-refractivity contribution is 0.0693. The number of carbonyl (C=O) groups is 1. The van der Waals surface area contributed by atoms with Gasteiger partial charge in [-0.3, -0.25) is 9.48 Å². The fourth-order valence-electron chi connectivity index (χ4n) is 4.18. The number of hydrogen-bond donors (Lipinski definition) is 1. The van der Waals surface area contributed by atoms with E-state index in [2.05, 4.69) is 0 Å². The Morgan fingerprint density at radius 3 is 2.41 bits per heavy atom. The highest BCUT2D eigenvalue weighted by molar-refractivity contribution is 5.95. The Morgan fingerprint density at radius 2 is 1.85 bits per heavy atom. The molecule has 0 saturated heterocycles. The first kappa shape index (κ1) is 27.2. The number of fused-ring (bicyclic) bond motifs is 5. The van der Waals surface area contributed by atoms with Gasteiger partial charge in [0.2, 0.25) is 6.43 Å². The van der Waals surface area contributed by atoms with Crippen molar-refractivity contribution in [3.05, 3.63) is 51.8 Å². The summed E-state index contributed by atoms with van der Waals surface area (Å²) in [5.74, 6) is -1.26. The van der Waals surface area contributed by atoms with Crippen molar-refractivity contribution in [3.63, 3.8) is 0 Å². The molecule has 186 valence electrons. The van der Waals surface area contributed by atoms with Crippen LogP contribution >= 0.6 is 0 Å². The van der Waals surface area contributed by atoms with E-state index < -0.39 is 17.8 Å². The molecule has 1 aromatic carbocycles. The summed E-state index contributed by atoms with van der Waals surface area (Å²) in [4.78, 5) is 24.0. The van der Waals surface area contributed by atoms with Crippen LogP contribution in [0.2, 0.25) is 0 Å². The van der Waals surface area contributed by atoms with E-state index in [9.17, 15) is 23.5 Å². The molecule has 1 aliphatic heterocycles. The maximum atomic E-state index is 12.8. The number of aryl methyl sites for hydroxylation is 1. The van der Waals surface area contributed by atoms with Crippen molar-refractivity contribution in [1.82, 2.24) is 14.3 Å². The Morgan fingerprint density at radius 1 is 1.21 bits per heavy atom. The van der Waals surface area contributed by atoms with Crippen molar-refractivity contribution >= 4 is 16.9 Å². The van der Waals surface area contributed by atoms with Crippen LogP contribution in [0.5, 0.6) is 0 Å². The molecule has 1 atom stereocenters. The summed E-state index contributed by atoms with van der Waals surface area (Å²) >= 11 is 0. The van der Waals surface area contributed by atoms with Gasteiger partial charge in [0.05, 0.1) is 29.5 Å². The summed E-state index contributed by atoms with van der Waals surface area (Å²) in [6.45, 7) is 14.6. The molecule has 0 saturated carbocycles. The van der Waals surface area contributed by atoms with Crippen LogP contribution in [0, 0.1) is 5.41 Å². The third-order valence-electron chi connectivity index (χ3n) is 5.72. The van der Waals surface area contributed by atoms with Gasteiger partial charge in [-0.1, -0.05) is 66.7 Å². The molecule has 0 radical (unpaired) electrons. The number of nitrogens with zero attached hydrogens (tertiary/aromatic N) is 3. The molecule has 1 aliphatic rings. The molecule has 8 heteroatoms. The second-order valence-corrected chi connectivity index (χ2v) is 8.80. The molecule has 0 spiro atoms. The van der Waals surface area contributed by atoms with Crippen LogP contribution in [0.3, 0.4) is 0 Å². The Labute approximate surface area is 199 Å². The first-order valence-corrected chi connectivity index (χ1v) is 11.8. The van der Waals surface area contributed by atoms with Crippen molar-refractivity contribution in [2.75, 3.05) is 0 Å². The lowest BCUT2D eigenvalue weighted by Gasteiger charge is -2.38. The Hall–Kier alpha value is -3.03. The van der Waals surface area contributed by atoms with Crippen molar-refractivity contribution in [2.24, 2.45) is 5.41 Å². The molecule has 3 heterocycles. The maximum Gasteiger partial charge on any atom is 0.341 e. The van der Waals surface area contributed by atoms with E-state index in [-0.39, 0.29) is 29.9 Å². The van der Waals surface area contributed by atoms with Crippen LogP contribution in [0.25, 0.3) is 22.3 Å². The minimum Gasteiger partial charge on any atom is -0.477 e. The van der Waals surface area contributed by atoms with Crippen molar-refractivity contribution in [2.45, 2.75) is 80.3 Å². The number of rotatable bonds is 4. The molecule has 3 aromatic rings. The van der Waals surface area contributed by atoms with Gasteiger partial charge in [0.1, 0.15) is 5.56 Å². The lowest BCUT2D eigenvalue weighted by atomic mass is 9.85. The normalized spacial score (nSPS) is 14.5. The number of carboxylic acids is 1. The number of aromatic nitrogens is 3. The predicted octanol–water partition coefficient (Wildman–Crippen LogP) is 6.41. The third-order valence-corrected chi connectivity index (χ3v) is 5.72. The van der Waals surface area contributed by atoms with E-state index >= 15 is 0 Å². The predicted molar refractivity (Wildman–Crippen MR) is 132 cm³/mol. The number of hydrogen-bond acceptors (Lipinski definition) is 3. The fraction of sp³-hybridized carbons (Fsp3) is 0.500. The monoisotopic (exact) mass is 475 g/mol. The van der Waals surface area contributed by atoms with Gasteiger partial charge in [0.25, 0.3) is 0 Å². The lowest BCUT2D eigenvalue weighted by Crippen LogP contribution is -2.35. The van der Waals surface area contributed by atoms with Crippen molar-refractivity contribution < 1.29 is 18.7 Å². The van der Waals surface area contributed by atoms with E-state index in [4.69, 9.17) is 5.10 Å². The molecule has 34 heavy (non-hydrogen) atoms. The van der Waals surface area contributed by atoms with E-state index in [1.165, 1.54) is 12.3 Å². The zero-order valence-electron chi connectivity index (χ0n) is 21.0. The summed E-state index contributed by atoms with van der Waals surface area (Å²) in [7, 11) is 0. The van der Waals surface area contributed by atoms with E-state index in [0.717, 1.165) is 10.9 Å². The number of pyridine rings is 1. The zero-order chi connectivity index (χ0) is 25.8. The minimum absolute atomic E-state index is 0.141. The Balaban J connectivity index is 0.000000970. The molecule has 0 bridgehead atoms. The number of carboxylic acid groups (broad SMARTS) is 1. The SMILES string of the molecule is CC.CC.CC(C)(C)C1Cn2nc3c(CCC(F)F)cccc3c2-c2cc(=O)c(C(=O)O)cn21. The second-order valence-electron chi connectivity index (χ2n) is 8.80. The summed E-state index contributed by atoms with van der Waals surface area (Å²) in [6.07, 6.45) is -1.02. The molecular formula is C26H35F2N3O3. The first-order valence-electron chi connectivity index (χ1n) is 11.8. The second kappa shape index (κ2) is 10.9. The van der Waals surface area contributed by atoms with Gasteiger partial charge in [0, 0.05) is 24.1 Å². The smallest absolute Gasteiger partial charge is 0.341 e. The van der Waals surface area contributed by atoms with Gasteiger partial charge in [-0.05, 0) is 17.4 Å².